The highest BCUT2D eigenvalue weighted by atomic mass is 32.2. The van der Waals surface area contributed by atoms with Crippen LogP contribution in [0.5, 0.6) is 0 Å². The highest BCUT2D eigenvalue weighted by molar-refractivity contribution is 7.89. The average molecular weight is 403 g/mol. The molecule has 6 nitrogen and oxygen atoms in total. The molecular formula is C21H26N2O4S. The van der Waals surface area contributed by atoms with E-state index in [9.17, 15) is 13.2 Å². The van der Waals surface area contributed by atoms with E-state index in [1.165, 1.54) is 6.26 Å². The van der Waals surface area contributed by atoms with Crippen molar-refractivity contribution in [2.24, 2.45) is 0 Å². The molecule has 0 radical (unpaired) electrons. The summed E-state index contributed by atoms with van der Waals surface area (Å²) in [5, 5.41) is 0. The minimum absolute atomic E-state index is 0.0717. The van der Waals surface area contributed by atoms with E-state index in [0.29, 0.717) is 30.9 Å². The van der Waals surface area contributed by atoms with Crippen LogP contribution in [0.25, 0.3) is 0 Å². The van der Waals surface area contributed by atoms with E-state index in [0.717, 1.165) is 24.3 Å². The lowest BCUT2D eigenvalue weighted by atomic mass is 10.1. The normalized spacial score (nSPS) is 14.7. The Morgan fingerprint density at radius 3 is 2.54 bits per heavy atom. The quantitative estimate of drug-likeness (QED) is 0.742. The van der Waals surface area contributed by atoms with Crippen molar-refractivity contribution in [3.63, 3.8) is 0 Å². The zero-order valence-corrected chi connectivity index (χ0v) is 17.1. The molecule has 0 bridgehead atoms. The average Bonchev–Trinajstić information content (AvgIpc) is 2.67. The number of anilines is 1. The second-order valence-corrected chi connectivity index (χ2v) is 9.30. The zero-order chi connectivity index (χ0) is 20.1. The Labute approximate surface area is 166 Å². The van der Waals surface area contributed by atoms with E-state index < -0.39 is 9.84 Å². The van der Waals surface area contributed by atoms with Crippen LogP contribution < -0.4 is 4.90 Å². The predicted octanol–water partition coefficient (Wildman–Crippen LogP) is 2.34. The summed E-state index contributed by atoms with van der Waals surface area (Å²) in [6, 6.07) is 14.9. The SMILES string of the molecule is CN(Cc1ccccc1N1CCOCC1)C(=O)c1cccc(CS(C)(=O)=O)c1. The molecular weight excluding hydrogens is 376 g/mol. The Bertz CT molecular complexity index is 937. The molecule has 2 aromatic rings. The van der Waals surface area contributed by atoms with Crippen molar-refractivity contribution >= 4 is 21.4 Å². The van der Waals surface area contributed by atoms with Crippen LogP contribution in [0.4, 0.5) is 5.69 Å². The number of carbonyl (C=O) groups is 1. The maximum absolute atomic E-state index is 12.9. The number of morpholine rings is 1. The number of amides is 1. The van der Waals surface area contributed by atoms with Gasteiger partial charge >= 0.3 is 0 Å². The highest BCUT2D eigenvalue weighted by Crippen LogP contribution is 2.23. The van der Waals surface area contributed by atoms with Gasteiger partial charge in [-0.05, 0) is 29.3 Å². The number of benzene rings is 2. The Balaban J connectivity index is 1.76. The van der Waals surface area contributed by atoms with Gasteiger partial charge in [-0.2, -0.15) is 0 Å². The molecule has 7 heteroatoms. The molecule has 0 aliphatic carbocycles. The molecule has 0 aromatic heterocycles. The van der Waals surface area contributed by atoms with E-state index in [1.54, 1.807) is 36.2 Å². The van der Waals surface area contributed by atoms with E-state index in [-0.39, 0.29) is 11.7 Å². The van der Waals surface area contributed by atoms with Crippen LogP contribution in [0.2, 0.25) is 0 Å². The fourth-order valence-electron chi connectivity index (χ4n) is 3.40. The Hall–Kier alpha value is -2.38. The summed E-state index contributed by atoms with van der Waals surface area (Å²) in [5.74, 6) is -0.204. The molecule has 0 spiro atoms. The fourth-order valence-corrected chi connectivity index (χ4v) is 4.19. The van der Waals surface area contributed by atoms with Gasteiger partial charge in [0.05, 0.1) is 19.0 Å². The first-order chi connectivity index (χ1) is 13.3. The summed E-state index contributed by atoms with van der Waals surface area (Å²) in [7, 11) is -1.38. The van der Waals surface area contributed by atoms with E-state index in [4.69, 9.17) is 4.74 Å². The van der Waals surface area contributed by atoms with Gasteiger partial charge in [-0.25, -0.2) is 8.42 Å². The topological polar surface area (TPSA) is 66.9 Å². The Morgan fingerprint density at radius 1 is 1.11 bits per heavy atom. The van der Waals surface area contributed by atoms with Gasteiger partial charge in [0.25, 0.3) is 5.91 Å². The summed E-state index contributed by atoms with van der Waals surface area (Å²) < 4.78 is 28.5. The molecule has 3 rings (SSSR count). The van der Waals surface area contributed by atoms with Crippen LogP contribution in [-0.2, 0) is 26.9 Å². The van der Waals surface area contributed by atoms with Crippen molar-refractivity contribution in [3.05, 3.63) is 65.2 Å². The van der Waals surface area contributed by atoms with Crippen molar-refractivity contribution in [2.45, 2.75) is 12.3 Å². The van der Waals surface area contributed by atoms with Gasteiger partial charge in [-0.15, -0.1) is 0 Å². The molecule has 1 aliphatic rings. The zero-order valence-electron chi connectivity index (χ0n) is 16.3. The Morgan fingerprint density at radius 2 is 1.82 bits per heavy atom. The number of ether oxygens (including phenoxy) is 1. The number of para-hydroxylation sites is 1. The second kappa shape index (κ2) is 8.75. The molecule has 1 saturated heterocycles. The predicted molar refractivity (Wildman–Crippen MR) is 110 cm³/mol. The van der Waals surface area contributed by atoms with Gasteiger partial charge in [0.2, 0.25) is 0 Å². The van der Waals surface area contributed by atoms with Gasteiger partial charge in [0, 0.05) is 44.2 Å². The number of hydrogen-bond donors (Lipinski definition) is 0. The molecule has 0 N–H and O–H groups in total. The first kappa shape index (κ1) is 20.4. The summed E-state index contributed by atoms with van der Waals surface area (Å²) in [6.45, 7) is 3.56. The second-order valence-electron chi connectivity index (χ2n) is 7.16. The van der Waals surface area contributed by atoms with Crippen molar-refractivity contribution in [2.75, 3.05) is 44.5 Å². The number of nitrogens with zero attached hydrogens (tertiary/aromatic N) is 2. The first-order valence-electron chi connectivity index (χ1n) is 9.26. The molecule has 28 heavy (non-hydrogen) atoms. The lowest BCUT2D eigenvalue weighted by molar-refractivity contribution is 0.0784. The monoisotopic (exact) mass is 402 g/mol. The molecule has 0 unspecified atom stereocenters. The van der Waals surface area contributed by atoms with E-state index in [2.05, 4.69) is 11.0 Å². The molecule has 1 aliphatic heterocycles. The molecule has 1 fully saturated rings. The van der Waals surface area contributed by atoms with Crippen LogP contribution >= 0.6 is 0 Å². The van der Waals surface area contributed by atoms with Crippen LogP contribution in [0.15, 0.2) is 48.5 Å². The minimum Gasteiger partial charge on any atom is -0.378 e. The van der Waals surface area contributed by atoms with Gasteiger partial charge in [0.1, 0.15) is 0 Å². The Kier molecular flexibility index (Phi) is 6.36. The molecule has 0 saturated carbocycles. The lowest BCUT2D eigenvalue weighted by Crippen LogP contribution is -2.37. The van der Waals surface area contributed by atoms with E-state index >= 15 is 0 Å². The summed E-state index contributed by atoms with van der Waals surface area (Å²) >= 11 is 0. The third-order valence-electron chi connectivity index (χ3n) is 4.70. The largest absolute Gasteiger partial charge is 0.378 e. The van der Waals surface area contributed by atoms with Gasteiger partial charge in [-0.3, -0.25) is 4.79 Å². The third-order valence-corrected chi connectivity index (χ3v) is 5.56. The van der Waals surface area contributed by atoms with E-state index in [1.807, 2.05) is 18.2 Å². The smallest absolute Gasteiger partial charge is 0.253 e. The third kappa shape index (κ3) is 5.33. The molecule has 2 aromatic carbocycles. The molecule has 1 heterocycles. The molecule has 1 amide bonds. The van der Waals surface area contributed by atoms with Gasteiger partial charge in [0.15, 0.2) is 9.84 Å². The number of sulfone groups is 1. The van der Waals surface area contributed by atoms with Gasteiger partial charge < -0.3 is 14.5 Å². The lowest BCUT2D eigenvalue weighted by Gasteiger charge is -2.31. The summed E-state index contributed by atoms with van der Waals surface area (Å²) in [5.41, 5.74) is 3.31. The highest BCUT2D eigenvalue weighted by Gasteiger charge is 2.18. The minimum atomic E-state index is -3.15. The summed E-state index contributed by atoms with van der Waals surface area (Å²) in [4.78, 5) is 16.8. The first-order valence-corrected chi connectivity index (χ1v) is 11.3. The number of carbonyl (C=O) groups excluding carboxylic acids is 1. The maximum atomic E-state index is 12.9. The fraction of sp³-hybridized carbons (Fsp3) is 0.381. The van der Waals surface area contributed by atoms with Gasteiger partial charge in [-0.1, -0.05) is 30.3 Å². The van der Waals surface area contributed by atoms with Crippen LogP contribution in [-0.4, -0.2) is 58.8 Å². The standard InChI is InChI=1S/C21H26N2O4S/c1-22(21(24)18-8-5-6-17(14-18)16-28(2,25)26)15-19-7-3-4-9-20(19)23-10-12-27-13-11-23/h3-9,14H,10-13,15-16H2,1-2H3. The van der Waals surface area contributed by atoms with Crippen molar-refractivity contribution < 1.29 is 17.9 Å². The number of rotatable bonds is 6. The van der Waals surface area contributed by atoms with Crippen LogP contribution in [0, 0.1) is 0 Å². The summed E-state index contributed by atoms with van der Waals surface area (Å²) in [6.07, 6.45) is 1.19. The molecule has 150 valence electrons. The number of hydrogen-bond acceptors (Lipinski definition) is 5. The molecule has 0 atom stereocenters. The van der Waals surface area contributed by atoms with Crippen molar-refractivity contribution in [1.82, 2.24) is 4.90 Å². The van der Waals surface area contributed by atoms with Crippen LogP contribution in [0.1, 0.15) is 21.5 Å². The maximum Gasteiger partial charge on any atom is 0.253 e. The van der Waals surface area contributed by atoms with Crippen molar-refractivity contribution in [1.29, 1.82) is 0 Å². The van der Waals surface area contributed by atoms with Crippen LogP contribution in [0.3, 0.4) is 0 Å². The van der Waals surface area contributed by atoms with Crippen molar-refractivity contribution in [3.8, 4) is 0 Å².